The molecule has 1 fully saturated rings. The third kappa shape index (κ3) is 6.01. The highest BCUT2D eigenvalue weighted by Crippen LogP contribution is 2.33. The smallest absolute Gasteiger partial charge is 0.249 e. The molecule has 0 bridgehead atoms. The Kier molecular flexibility index (Phi) is 7.95. The Labute approximate surface area is 158 Å². The maximum Gasteiger partial charge on any atom is 0.249 e. The molecular weight excluding hydrogens is 326 g/mol. The van der Waals surface area contributed by atoms with Crippen molar-refractivity contribution in [3.8, 4) is 5.75 Å². The number of amides is 1. The van der Waals surface area contributed by atoms with E-state index < -0.39 is 0 Å². The number of nitrogens with zero attached hydrogens (tertiary/aromatic N) is 1. The van der Waals surface area contributed by atoms with Crippen LogP contribution in [0.15, 0.2) is 24.3 Å². The normalized spacial score (nSPS) is 17.5. The number of ether oxygens (including phenoxy) is 2. The summed E-state index contributed by atoms with van der Waals surface area (Å²) < 4.78 is 11.4. The summed E-state index contributed by atoms with van der Waals surface area (Å²) in [4.78, 5) is 14.8. The zero-order valence-corrected chi connectivity index (χ0v) is 17.0. The van der Waals surface area contributed by atoms with E-state index >= 15 is 0 Å². The van der Waals surface area contributed by atoms with Crippen molar-refractivity contribution < 1.29 is 14.3 Å². The van der Waals surface area contributed by atoms with Crippen molar-refractivity contribution in [1.82, 2.24) is 4.90 Å². The lowest BCUT2D eigenvalue weighted by Crippen LogP contribution is -2.35. The number of likely N-dealkylation sites (tertiary alicyclic amines) is 1. The Morgan fingerprint density at radius 1 is 1.19 bits per heavy atom. The van der Waals surface area contributed by atoms with E-state index in [1.54, 1.807) is 7.11 Å². The summed E-state index contributed by atoms with van der Waals surface area (Å²) in [5, 5.41) is 0. The minimum absolute atomic E-state index is 0.104. The SMILES string of the molecule is COc1cccc(C2CCCN2C(=O)COC(CC(C)C)CC(C)C)c1. The number of carbonyl (C=O) groups is 1. The average Bonchev–Trinajstić information content (AvgIpc) is 3.08. The van der Waals surface area contributed by atoms with Gasteiger partial charge in [-0.15, -0.1) is 0 Å². The number of rotatable bonds is 9. The van der Waals surface area contributed by atoms with Crippen molar-refractivity contribution in [2.24, 2.45) is 11.8 Å². The van der Waals surface area contributed by atoms with Crippen LogP contribution in [-0.4, -0.2) is 37.2 Å². The molecule has 1 unspecified atom stereocenters. The molecule has 1 heterocycles. The molecule has 0 radical (unpaired) electrons. The maximum atomic E-state index is 12.8. The zero-order chi connectivity index (χ0) is 19.1. The molecule has 0 saturated carbocycles. The highest BCUT2D eigenvalue weighted by atomic mass is 16.5. The third-order valence-electron chi connectivity index (χ3n) is 4.96. The van der Waals surface area contributed by atoms with E-state index in [0.717, 1.165) is 43.5 Å². The summed E-state index contributed by atoms with van der Waals surface area (Å²) in [5.74, 6) is 2.09. The average molecular weight is 362 g/mol. The molecule has 0 N–H and O–H groups in total. The third-order valence-corrected chi connectivity index (χ3v) is 4.96. The van der Waals surface area contributed by atoms with E-state index in [-0.39, 0.29) is 24.7 Å². The van der Waals surface area contributed by atoms with Crippen molar-refractivity contribution in [3.63, 3.8) is 0 Å². The summed E-state index contributed by atoms with van der Waals surface area (Å²) in [6.07, 6.45) is 4.21. The Bertz CT molecular complexity index is 560. The Morgan fingerprint density at radius 3 is 2.50 bits per heavy atom. The second kappa shape index (κ2) is 9.96. The van der Waals surface area contributed by atoms with E-state index in [4.69, 9.17) is 9.47 Å². The molecule has 0 spiro atoms. The van der Waals surface area contributed by atoms with Crippen LogP contribution in [0.5, 0.6) is 5.75 Å². The van der Waals surface area contributed by atoms with E-state index in [1.807, 2.05) is 23.1 Å². The molecule has 1 aromatic carbocycles. The molecule has 1 atom stereocenters. The quantitative estimate of drug-likeness (QED) is 0.632. The molecule has 4 heteroatoms. The lowest BCUT2D eigenvalue weighted by atomic mass is 9.98. The highest BCUT2D eigenvalue weighted by molar-refractivity contribution is 5.78. The molecule has 1 aromatic rings. The van der Waals surface area contributed by atoms with E-state index in [1.165, 1.54) is 0 Å². The minimum atomic E-state index is 0.104. The van der Waals surface area contributed by atoms with Crippen LogP contribution in [-0.2, 0) is 9.53 Å². The van der Waals surface area contributed by atoms with Gasteiger partial charge in [0.15, 0.2) is 0 Å². The van der Waals surface area contributed by atoms with Crippen LogP contribution in [0.2, 0.25) is 0 Å². The largest absolute Gasteiger partial charge is 0.497 e. The molecule has 2 rings (SSSR count). The monoisotopic (exact) mass is 361 g/mol. The standard InChI is InChI=1S/C22H35NO3/c1-16(2)12-20(13-17(3)4)26-15-22(24)23-11-7-10-21(23)18-8-6-9-19(14-18)25-5/h6,8-9,14,16-17,20-21H,7,10-13,15H2,1-5H3. The first-order valence-corrected chi connectivity index (χ1v) is 9.95. The first kappa shape index (κ1) is 20.8. The number of hydrogen-bond acceptors (Lipinski definition) is 3. The van der Waals surface area contributed by atoms with Gasteiger partial charge in [0.1, 0.15) is 12.4 Å². The van der Waals surface area contributed by atoms with Crippen LogP contribution in [0.1, 0.15) is 65.0 Å². The number of methoxy groups -OCH3 is 1. The molecule has 1 saturated heterocycles. The van der Waals surface area contributed by atoms with Crippen LogP contribution < -0.4 is 4.74 Å². The number of benzene rings is 1. The van der Waals surface area contributed by atoms with Gasteiger partial charge < -0.3 is 14.4 Å². The fourth-order valence-corrected chi connectivity index (χ4v) is 3.82. The van der Waals surface area contributed by atoms with Crippen molar-refractivity contribution >= 4 is 5.91 Å². The van der Waals surface area contributed by atoms with Crippen LogP contribution in [0.25, 0.3) is 0 Å². The summed E-state index contributed by atoms with van der Waals surface area (Å²) in [6, 6.07) is 8.19. The molecule has 146 valence electrons. The second-order valence-electron chi connectivity index (χ2n) is 8.21. The summed E-state index contributed by atoms with van der Waals surface area (Å²) in [7, 11) is 1.67. The fourth-order valence-electron chi connectivity index (χ4n) is 3.82. The van der Waals surface area contributed by atoms with Gasteiger partial charge in [-0.3, -0.25) is 4.79 Å². The Morgan fingerprint density at radius 2 is 1.88 bits per heavy atom. The van der Waals surface area contributed by atoms with E-state index in [9.17, 15) is 4.79 Å². The predicted molar refractivity (Wildman–Crippen MR) is 105 cm³/mol. The molecular formula is C22H35NO3. The van der Waals surface area contributed by atoms with Gasteiger partial charge in [0.2, 0.25) is 5.91 Å². The summed E-state index contributed by atoms with van der Waals surface area (Å²) in [6.45, 7) is 9.82. The molecule has 1 amide bonds. The van der Waals surface area contributed by atoms with Crippen LogP contribution in [0.4, 0.5) is 0 Å². The number of carbonyl (C=O) groups excluding carboxylic acids is 1. The van der Waals surface area contributed by atoms with Crippen LogP contribution in [0, 0.1) is 11.8 Å². The predicted octanol–water partition coefficient (Wildman–Crippen LogP) is 4.84. The lowest BCUT2D eigenvalue weighted by Gasteiger charge is -2.27. The van der Waals surface area contributed by atoms with Crippen LogP contribution in [0.3, 0.4) is 0 Å². The van der Waals surface area contributed by atoms with Crippen molar-refractivity contribution in [1.29, 1.82) is 0 Å². The number of hydrogen-bond donors (Lipinski definition) is 0. The van der Waals surface area contributed by atoms with Gasteiger partial charge in [-0.1, -0.05) is 39.8 Å². The molecule has 0 aromatic heterocycles. The molecule has 1 aliphatic heterocycles. The van der Waals surface area contributed by atoms with E-state index in [0.29, 0.717) is 11.8 Å². The van der Waals surface area contributed by atoms with Gasteiger partial charge in [-0.05, 0) is 55.2 Å². The first-order chi connectivity index (χ1) is 12.4. The van der Waals surface area contributed by atoms with E-state index in [2.05, 4.69) is 33.8 Å². The van der Waals surface area contributed by atoms with Gasteiger partial charge in [-0.2, -0.15) is 0 Å². The fraction of sp³-hybridized carbons (Fsp3) is 0.682. The minimum Gasteiger partial charge on any atom is -0.497 e. The Hall–Kier alpha value is -1.55. The molecule has 0 aliphatic carbocycles. The van der Waals surface area contributed by atoms with Gasteiger partial charge in [0, 0.05) is 6.54 Å². The van der Waals surface area contributed by atoms with Gasteiger partial charge in [0.05, 0.1) is 19.3 Å². The van der Waals surface area contributed by atoms with Gasteiger partial charge >= 0.3 is 0 Å². The molecule has 1 aliphatic rings. The first-order valence-electron chi connectivity index (χ1n) is 9.95. The van der Waals surface area contributed by atoms with Crippen molar-refractivity contribution in [2.45, 2.75) is 65.5 Å². The lowest BCUT2D eigenvalue weighted by molar-refractivity contribution is -0.139. The summed E-state index contributed by atoms with van der Waals surface area (Å²) >= 11 is 0. The van der Waals surface area contributed by atoms with Crippen molar-refractivity contribution in [3.05, 3.63) is 29.8 Å². The second-order valence-corrected chi connectivity index (χ2v) is 8.21. The van der Waals surface area contributed by atoms with Gasteiger partial charge in [-0.25, -0.2) is 0 Å². The Balaban J connectivity index is 1.98. The maximum absolute atomic E-state index is 12.8. The van der Waals surface area contributed by atoms with Crippen LogP contribution >= 0.6 is 0 Å². The zero-order valence-electron chi connectivity index (χ0n) is 17.0. The topological polar surface area (TPSA) is 38.8 Å². The molecule has 4 nitrogen and oxygen atoms in total. The summed E-state index contributed by atoms with van der Waals surface area (Å²) in [5.41, 5.74) is 1.15. The highest BCUT2D eigenvalue weighted by Gasteiger charge is 2.30. The molecule has 26 heavy (non-hydrogen) atoms. The van der Waals surface area contributed by atoms with Gasteiger partial charge in [0.25, 0.3) is 0 Å². The van der Waals surface area contributed by atoms with Crippen molar-refractivity contribution in [2.75, 3.05) is 20.3 Å².